The Balaban J connectivity index is 2.82. The number of alkyl halides is 4. The molecule has 1 fully saturated rings. The van der Waals surface area contributed by atoms with Gasteiger partial charge in [0.25, 0.3) is 0 Å². The standard InChI is InChI=1S/C5H4F4O3/c6-2-1-4(7)5(8,9)12-3(10)11-4/h1-2H2. The zero-order valence-corrected chi connectivity index (χ0v) is 5.65. The van der Waals surface area contributed by atoms with Gasteiger partial charge in [0, 0.05) is 0 Å². The Morgan fingerprint density at radius 3 is 2.17 bits per heavy atom. The van der Waals surface area contributed by atoms with Crippen LogP contribution in [0.1, 0.15) is 6.42 Å². The fraction of sp³-hybridized carbons (Fsp3) is 0.800. The predicted molar refractivity (Wildman–Crippen MR) is 26.9 cm³/mol. The second kappa shape index (κ2) is 2.49. The van der Waals surface area contributed by atoms with Crippen molar-refractivity contribution in [2.45, 2.75) is 18.4 Å². The normalized spacial score (nSPS) is 32.8. The molecule has 0 spiro atoms. The summed E-state index contributed by atoms with van der Waals surface area (Å²) in [5, 5.41) is 0. The van der Waals surface area contributed by atoms with Crippen LogP contribution in [-0.2, 0) is 9.47 Å². The van der Waals surface area contributed by atoms with Crippen molar-refractivity contribution in [2.75, 3.05) is 6.67 Å². The van der Waals surface area contributed by atoms with Crippen LogP contribution < -0.4 is 0 Å². The quantitative estimate of drug-likeness (QED) is 0.489. The number of ether oxygens (including phenoxy) is 2. The molecule has 0 aromatic carbocycles. The summed E-state index contributed by atoms with van der Waals surface area (Å²) in [6.07, 6.45) is -7.49. The summed E-state index contributed by atoms with van der Waals surface area (Å²) in [6.45, 7) is -1.37. The average molecular weight is 188 g/mol. The molecule has 7 heteroatoms. The van der Waals surface area contributed by atoms with E-state index in [9.17, 15) is 22.4 Å². The Bertz CT molecular complexity index is 207. The molecule has 1 aliphatic heterocycles. The van der Waals surface area contributed by atoms with Crippen molar-refractivity contribution in [3.05, 3.63) is 0 Å². The number of halogens is 4. The highest BCUT2D eigenvalue weighted by molar-refractivity contribution is 5.63. The van der Waals surface area contributed by atoms with Gasteiger partial charge in [-0.05, 0) is 0 Å². The molecule has 1 unspecified atom stereocenters. The molecule has 1 aliphatic rings. The van der Waals surface area contributed by atoms with Crippen LogP contribution in [0, 0.1) is 0 Å². The Labute approximate surface area is 64.2 Å². The van der Waals surface area contributed by atoms with Crippen molar-refractivity contribution < 1.29 is 31.8 Å². The zero-order valence-electron chi connectivity index (χ0n) is 5.65. The highest BCUT2D eigenvalue weighted by Gasteiger charge is 2.67. The van der Waals surface area contributed by atoms with Crippen LogP contribution in [0.15, 0.2) is 0 Å². The molecule has 0 bridgehead atoms. The fourth-order valence-corrected chi connectivity index (χ4v) is 0.711. The summed E-state index contributed by atoms with van der Waals surface area (Å²) < 4.78 is 55.6. The van der Waals surface area contributed by atoms with E-state index < -0.39 is 31.2 Å². The highest BCUT2D eigenvalue weighted by atomic mass is 19.3. The number of rotatable bonds is 2. The third-order valence-electron chi connectivity index (χ3n) is 1.31. The number of carbonyl (C=O) groups is 1. The molecule has 1 heterocycles. The van der Waals surface area contributed by atoms with Gasteiger partial charge < -0.3 is 9.47 Å². The topological polar surface area (TPSA) is 35.5 Å². The number of hydrogen-bond donors (Lipinski definition) is 0. The molecule has 70 valence electrons. The van der Waals surface area contributed by atoms with Gasteiger partial charge in [0.05, 0.1) is 13.1 Å². The molecule has 1 atom stereocenters. The largest absolute Gasteiger partial charge is 0.516 e. The second-order valence-corrected chi connectivity index (χ2v) is 2.14. The van der Waals surface area contributed by atoms with Gasteiger partial charge in [-0.25, -0.2) is 4.79 Å². The molecule has 0 aliphatic carbocycles. The van der Waals surface area contributed by atoms with Crippen molar-refractivity contribution in [3.63, 3.8) is 0 Å². The van der Waals surface area contributed by atoms with E-state index in [1.165, 1.54) is 0 Å². The lowest BCUT2D eigenvalue weighted by Crippen LogP contribution is -2.41. The van der Waals surface area contributed by atoms with Gasteiger partial charge >= 0.3 is 18.1 Å². The Morgan fingerprint density at radius 2 is 1.83 bits per heavy atom. The SMILES string of the molecule is O=C1OC(F)(F)C(F)(CCF)O1. The summed E-state index contributed by atoms with van der Waals surface area (Å²) in [5.74, 6) is -3.67. The van der Waals surface area contributed by atoms with Gasteiger partial charge in [0.1, 0.15) is 0 Å². The van der Waals surface area contributed by atoms with Gasteiger partial charge in [-0.1, -0.05) is 0 Å². The lowest BCUT2D eigenvalue weighted by Gasteiger charge is -2.18. The van der Waals surface area contributed by atoms with Gasteiger partial charge in [0.15, 0.2) is 0 Å². The maximum atomic E-state index is 12.8. The molecule has 0 N–H and O–H groups in total. The summed E-state index contributed by atoms with van der Waals surface area (Å²) in [6, 6.07) is 0. The first-order valence-electron chi connectivity index (χ1n) is 2.96. The minimum atomic E-state index is -4.41. The van der Waals surface area contributed by atoms with E-state index in [1.807, 2.05) is 0 Å². The van der Waals surface area contributed by atoms with Crippen molar-refractivity contribution in [1.82, 2.24) is 0 Å². The number of carbonyl (C=O) groups excluding carboxylic acids is 1. The van der Waals surface area contributed by atoms with Gasteiger partial charge in [-0.15, -0.1) is 0 Å². The average Bonchev–Trinajstić information content (AvgIpc) is 2.02. The van der Waals surface area contributed by atoms with Crippen LogP contribution in [0.3, 0.4) is 0 Å². The summed E-state index contributed by atoms with van der Waals surface area (Å²) in [5.41, 5.74) is 0. The van der Waals surface area contributed by atoms with Crippen LogP contribution in [0.2, 0.25) is 0 Å². The maximum absolute atomic E-state index is 12.8. The monoisotopic (exact) mass is 188 g/mol. The molecular formula is C5H4F4O3. The third kappa shape index (κ3) is 1.19. The van der Waals surface area contributed by atoms with Crippen LogP contribution in [0.4, 0.5) is 22.4 Å². The minimum Gasteiger partial charge on any atom is -0.386 e. The van der Waals surface area contributed by atoms with Crippen molar-refractivity contribution >= 4 is 6.16 Å². The smallest absolute Gasteiger partial charge is 0.386 e. The lowest BCUT2D eigenvalue weighted by molar-refractivity contribution is -0.290. The molecule has 3 nitrogen and oxygen atoms in total. The molecule has 1 saturated heterocycles. The van der Waals surface area contributed by atoms with E-state index in [2.05, 4.69) is 9.47 Å². The van der Waals surface area contributed by atoms with Crippen molar-refractivity contribution in [3.8, 4) is 0 Å². The first-order valence-corrected chi connectivity index (χ1v) is 2.96. The Kier molecular flexibility index (Phi) is 1.89. The maximum Gasteiger partial charge on any atom is 0.516 e. The number of cyclic esters (lactones) is 2. The number of hydrogen-bond acceptors (Lipinski definition) is 3. The third-order valence-corrected chi connectivity index (χ3v) is 1.31. The van der Waals surface area contributed by atoms with E-state index in [1.54, 1.807) is 0 Å². The zero-order chi connectivity index (χ0) is 9.41. The Hall–Kier alpha value is -1.01. The van der Waals surface area contributed by atoms with Gasteiger partial charge in [-0.2, -0.15) is 13.2 Å². The van der Waals surface area contributed by atoms with Gasteiger partial charge in [-0.3, -0.25) is 4.39 Å². The summed E-state index contributed by atoms with van der Waals surface area (Å²) in [7, 11) is 0. The molecule has 0 saturated carbocycles. The van der Waals surface area contributed by atoms with E-state index >= 15 is 0 Å². The molecule has 0 aromatic rings. The van der Waals surface area contributed by atoms with Crippen LogP contribution >= 0.6 is 0 Å². The summed E-state index contributed by atoms with van der Waals surface area (Å²) >= 11 is 0. The fourth-order valence-electron chi connectivity index (χ4n) is 0.711. The molecule has 0 radical (unpaired) electrons. The van der Waals surface area contributed by atoms with Gasteiger partial charge in [0.2, 0.25) is 0 Å². The first kappa shape index (κ1) is 9.08. The lowest BCUT2D eigenvalue weighted by atomic mass is 10.2. The van der Waals surface area contributed by atoms with Crippen LogP contribution in [-0.4, -0.2) is 24.8 Å². The second-order valence-electron chi connectivity index (χ2n) is 2.14. The summed E-state index contributed by atoms with van der Waals surface area (Å²) in [4.78, 5) is 10.1. The van der Waals surface area contributed by atoms with Crippen molar-refractivity contribution in [1.29, 1.82) is 0 Å². The minimum absolute atomic E-state index is 1.24. The molecule has 12 heavy (non-hydrogen) atoms. The van der Waals surface area contributed by atoms with Crippen LogP contribution in [0.5, 0.6) is 0 Å². The van der Waals surface area contributed by atoms with E-state index in [0.717, 1.165) is 0 Å². The van der Waals surface area contributed by atoms with E-state index in [-0.39, 0.29) is 0 Å². The van der Waals surface area contributed by atoms with E-state index in [4.69, 9.17) is 0 Å². The molecular weight excluding hydrogens is 184 g/mol. The van der Waals surface area contributed by atoms with Crippen LogP contribution in [0.25, 0.3) is 0 Å². The predicted octanol–water partition coefficient (Wildman–Crippen LogP) is 1.77. The van der Waals surface area contributed by atoms with E-state index in [0.29, 0.717) is 0 Å². The molecule has 1 rings (SSSR count). The molecule has 0 aromatic heterocycles. The van der Waals surface area contributed by atoms with Crippen molar-refractivity contribution in [2.24, 2.45) is 0 Å². The Morgan fingerprint density at radius 1 is 1.25 bits per heavy atom. The molecule has 0 amide bonds. The first-order chi connectivity index (χ1) is 5.41. The highest BCUT2D eigenvalue weighted by Crippen LogP contribution is 2.43.